The summed E-state index contributed by atoms with van der Waals surface area (Å²) in [4.78, 5) is 17.1. The highest BCUT2D eigenvalue weighted by Gasteiger charge is 2.23. The molecule has 0 bridgehead atoms. The van der Waals surface area contributed by atoms with E-state index in [9.17, 15) is 4.79 Å². The molecule has 0 spiro atoms. The number of benzene rings is 2. The second kappa shape index (κ2) is 8.50. The molecule has 0 radical (unpaired) electrons. The molecule has 1 aromatic heterocycles. The second-order valence-corrected chi connectivity index (χ2v) is 7.88. The molecule has 0 saturated heterocycles. The Kier molecular flexibility index (Phi) is 6.26. The molecule has 0 N–H and O–H groups in total. The molecule has 0 saturated carbocycles. The Morgan fingerprint density at radius 2 is 1.82 bits per heavy atom. The first-order chi connectivity index (χ1) is 13.3. The summed E-state index contributed by atoms with van der Waals surface area (Å²) in [5.74, 6) is -0.214. The highest BCUT2D eigenvalue weighted by atomic mass is 35.5. The van der Waals surface area contributed by atoms with Crippen LogP contribution < -0.4 is 0 Å². The van der Waals surface area contributed by atoms with E-state index in [1.165, 1.54) is 0 Å². The van der Waals surface area contributed by atoms with E-state index >= 15 is 0 Å². The minimum Gasteiger partial charge on any atom is -0.461 e. The Hall–Kier alpha value is -2.10. The quantitative estimate of drug-likeness (QED) is 0.433. The summed E-state index contributed by atoms with van der Waals surface area (Å²) in [6.07, 6.45) is 0.593. The van der Waals surface area contributed by atoms with Crippen molar-refractivity contribution in [3.63, 3.8) is 0 Å². The first-order valence-corrected chi connectivity index (χ1v) is 10.1. The Morgan fingerprint density at radius 1 is 1.11 bits per heavy atom. The van der Waals surface area contributed by atoms with Crippen LogP contribution in [0.15, 0.2) is 36.4 Å². The van der Waals surface area contributed by atoms with Gasteiger partial charge in [0.05, 0.1) is 12.1 Å². The van der Waals surface area contributed by atoms with Gasteiger partial charge in [-0.1, -0.05) is 55.2 Å². The number of nitrogens with zero attached hydrogens (tertiary/aromatic N) is 1. The average molecular weight is 416 g/mol. The van der Waals surface area contributed by atoms with E-state index in [1.54, 1.807) is 6.92 Å². The van der Waals surface area contributed by atoms with E-state index in [1.807, 2.05) is 43.3 Å². The van der Waals surface area contributed by atoms with Crippen molar-refractivity contribution >= 4 is 40.1 Å². The van der Waals surface area contributed by atoms with Gasteiger partial charge in [-0.2, -0.15) is 0 Å². The molecule has 5 heteroatoms. The predicted molar refractivity (Wildman–Crippen MR) is 116 cm³/mol. The number of ether oxygens (including phenoxy) is 1. The lowest BCUT2D eigenvalue weighted by Gasteiger charge is -2.20. The molecule has 28 heavy (non-hydrogen) atoms. The monoisotopic (exact) mass is 415 g/mol. The number of carbonyl (C=O) groups excluding carboxylic acids is 1. The van der Waals surface area contributed by atoms with E-state index in [0.29, 0.717) is 28.8 Å². The van der Waals surface area contributed by atoms with Gasteiger partial charge in [-0.15, -0.1) is 0 Å². The zero-order valence-corrected chi connectivity index (χ0v) is 18.0. The molecule has 0 fully saturated rings. The molecule has 1 heterocycles. The topological polar surface area (TPSA) is 39.2 Å². The van der Waals surface area contributed by atoms with Gasteiger partial charge >= 0.3 is 5.97 Å². The summed E-state index contributed by atoms with van der Waals surface area (Å²) in [6.45, 7) is 8.24. The molecule has 0 aliphatic carbocycles. The van der Waals surface area contributed by atoms with Gasteiger partial charge < -0.3 is 4.74 Å². The maximum Gasteiger partial charge on any atom is 0.357 e. The number of hydrogen-bond acceptors (Lipinski definition) is 3. The Bertz CT molecular complexity index is 1040. The number of carbonyl (C=O) groups is 1. The molecule has 3 rings (SSSR count). The maximum atomic E-state index is 12.4. The van der Waals surface area contributed by atoms with Crippen LogP contribution in [0.3, 0.4) is 0 Å². The minimum absolute atomic E-state index is 0.183. The number of esters is 1. The molecule has 3 nitrogen and oxygen atoms in total. The van der Waals surface area contributed by atoms with E-state index < -0.39 is 5.97 Å². The largest absolute Gasteiger partial charge is 0.461 e. The van der Waals surface area contributed by atoms with Crippen molar-refractivity contribution in [2.75, 3.05) is 6.61 Å². The fraction of sp³-hybridized carbons (Fsp3) is 0.304. The summed E-state index contributed by atoms with van der Waals surface area (Å²) in [7, 11) is 0. The maximum absolute atomic E-state index is 12.4. The van der Waals surface area contributed by atoms with Crippen LogP contribution in [-0.4, -0.2) is 17.6 Å². The number of halogens is 2. The third-order valence-corrected chi connectivity index (χ3v) is 5.59. The number of rotatable bonds is 5. The molecule has 146 valence electrons. The van der Waals surface area contributed by atoms with E-state index in [4.69, 9.17) is 27.9 Å². The SMILES string of the molecule is CCOC(=O)c1nc2ccc(Cl)c(Cc3ccccc3Cl)c2c(C(C)C)c1C. The summed E-state index contributed by atoms with van der Waals surface area (Å²) in [5.41, 5.74) is 4.98. The van der Waals surface area contributed by atoms with Crippen molar-refractivity contribution in [3.8, 4) is 0 Å². The van der Waals surface area contributed by atoms with Gasteiger partial charge in [-0.25, -0.2) is 9.78 Å². The first kappa shape index (κ1) is 20.6. The lowest BCUT2D eigenvalue weighted by Crippen LogP contribution is -2.13. The van der Waals surface area contributed by atoms with Crippen molar-refractivity contribution in [3.05, 3.63) is 74.4 Å². The van der Waals surface area contributed by atoms with Crippen molar-refractivity contribution < 1.29 is 9.53 Å². The highest BCUT2D eigenvalue weighted by molar-refractivity contribution is 6.33. The second-order valence-electron chi connectivity index (χ2n) is 7.06. The highest BCUT2D eigenvalue weighted by Crippen LogP contribution is 2.37. The van der Waals surface area contributed by atoms with Gasteiger partial charge in [0.2, 0.25) is 0 Å². The lowest BCUT2D eigenvalue weighted by molar-refractivity contribution is 0.0519. The van der Waals surface area contributed by atoms with Crippen LogP contribution in [0, 0.1) is 6.92 Å². The van der Waals surface area contributed by atoms with Crippen molar-refractivity contribution in [1.29, 1.82) is 0 Å². The van der Waals surface area contributed by atoms with Crippen LogP contribution in [0.25, 0.3) is 10.9 Å². The van der Waals surface area contributed by atoms with Gasteiger partial charge in [0.25, 0.3) is 0 Å². The zero-order valence-electron chi connectivity index (χ0n) is 16.5. The molecule has 3 aromatic rings. The fourth-order valence-electron chi connectivity index (χ4n) is 3.65. The average Bonchev–Trinajstić information content (AvgIpc) is 2.65. The van der Waals surface area contributed by atoms with Gasteiger partial charge in [0, 0.05) is 21.9 Å². The van der Waals surface area contributed by atoms with Gasteiger partial charge in [-0.3, -0.25) is 0 Å². The van der Waals surface area contributed by atoms with E-state index in [-0.39, 0.29) is 5.92 Å². The standard InChI is InChI=1S/C23H23Cl2NO2/c1-5-28-23(27)22-14(4)20(13(2)3)21-16(18(25)10-11-19(21)26-22)12-15-8-6-7-9-17(15)24/h6-11,13H,5,12H2,1-4H3. The third-order valence-electron chi connectivity index (χ3n) is 4.87. The number of pyridine rings is 1. The van der Waals surface area contributed by atoms with Gasteiger partial charge in [-0.05, 0) is 60.2 Å². The van der Waals surface area contributed by atoms with Crippen molar-refractivity contribution in [2.24, 2.45) is 0 Å². The van der Waals surface area contributed by atoms with Crippen LogP contribution in [0.4, 0.5) is 0 Å². The Morgan fingerprint density at radius 3 is 2.46 bits per heavy atom. The Labute approximate surface area is 175 Å². The number of aromatic nitrogens is 1. The van der Waals surface area contributed by atoms with Crippen molar-refractivity contribution in [2.45, 2.75) is 40.0 Å². The normalized spacial score (nSPS) is 11.2. The molecule has 0 aliphatic rings. The molecule has 0 atom stereocenters. The number of fused-ring (bicyclic) bond motifs is 1. The summed E-state index contributed by atoms with van der Waals surface area (Å²) in [6, 6.07) is 11.4. The molecular weight excluding hydrogens is 393 g/mol. The summed E-state index contributed by atoms with van der Waals surface area (Å²) >= 11 is 13.0. The first-order valence-electron chi connectivity index (χ1n) is 9.37. The molecule has 0 aliphatic heterocycles. The lowest BCUT2D eigenvalue weighted by atomic mass is 9.88. The van der Waals surface area contributed by atoms with Gasteiger partial charge in [0.1, 0.15) is 0 Å². The van der Waals surface area contributed by atoms with E-state index in [2.05, 4.69) is 18.8 Å². The fourth-order valence-corrected chi connectivity index (χ4v) is 4.07. The number of hydrogen-bond donors (Lipinski definition) is 0. The Balaban J connectivity index is 2.30. The minimum atomic E-state index is -0.397. The van der Waals surface area contributed by atoms with Crippen LogP contribution in [-0.2, 0) is 11.2 Å². The smallest absolute Gasteiger partial charge is 0.357 e. The molecule has 2 aromatic carbocycles. The van der Waals surface area contributed by atoms with Gasteiger partial charge in [0.15, 0.2) is 5.69 Å². The van der Waals surface area contributed by atoms with Crippen LogP contribution in [0.5, 0.6) is 0 Å². The van der Waals surface area contributed by atoms with E-state index in [0.717, 1.165) is 33.2 Å². The predicted octanol–water partition coefficient (Wildman–Crippen LogP) is 6.74. The van der Waals surface area contributed by atoms with Crippen molar-refractivity contribution in [1.82, 2.24) is 4.98 Å². The molecule has 0 unspecified atom stereocenters. The molecule has 0 amide bonds. The summed E-state index contributed by atoms with van der Waals surface area (Å²) < 4.78 is 5.21. The van der Waals surface area contributed by atoms with Crippen LogP contribution in [0.1, 0.15) is 59.4 Å². The summed E-state index contributed by atoms with van der Waals surface area (Å²) in [5, 5.41) is 2.36. The molecular formula is C23H23Cl2NO2. The van der Waals surface area contributed by atoms with Crippen LogP contribution >= 0.6 is 23.2 Å². The van der Waals surface area contributed by atoms with Crippen LogP contribution in [0.2, 0.25) is 10.0 Å². The zero-order chi connectivity index (χ0) is 20.4. The third kappa shape index (κ3) is 3.87.